The molecule has 0 aliphatic heterocycles. The molecule has 0 radical (unpaired) electrons. The van der Waals surface area contributed by atoms with Crippen molar-refractivity contribution in [2.24, 2.45) is 0 Å². The van der Waals surface area contributed by atoms with Gasteiger partial charge in [0.25, 0.3) is 0 Å². The van der Waals surface area contributed by atoms with Crippen LogP contribution >= 0.6 is 15.6 Å². The van der Waals surface area contributed by atoms with Gasteiger partial charge in [0.2, 0.25) is 0 Å². The first-order chi connectivity index (χ1) is 6.66. The van der Waals surface area contributed by atoms with E-state index in [0.717, 1.165) is 0 Å². The summed E-state index contributed by atoms with van der Waals surface area (Å²) in [5.41, 5.74) is 0.447. The van der Waals surface area contributed by atoms with Crippen LogP contribution in [0.3, 0.4) is 0 Å². The summed E-state index contributed by atoms with van der Waals surface area (Å²) in [6, 6.07) is 0. The van der Waals surface area contributed by atoms with Crippen LogP contribution in [-0.2, 0) is 34.5 Å². The van der Waals surface area contributed by atoms with Crippen LogP contribution in [0, 0.1) is 0 Å². The molecule has 0 rings (SSSR count). The van der Waals surface area contributed by atoms with Crippen molar-refractivity contribution >= 4 is 15.6 Å². The average molecular weight is 319 g/mol. The summed E-state index contributed by atoms with van der Waals surface area (Å²) in [5.74, 6) is 0. The van der Waals surface area contributed by atoms with Crippen molar-refractivity contribution in [1.82, 2.24) is 0 Å². The Morgan fingerprint density at radius 2 is 1.94 bits per heavy atom. The van der Waals surface area contributed by atoms with Crippen molar-refractivity contribution in [3.63, 3.8) is 0 Å². The first-order valence-electron chi connectivity index (χ1n) is 3.63. The van der Waals surface area contributed by atoms with Gasteiger partial charge >= 0.3 is 24.3 Å². The molecule has 0 amide bonds. The van der Waals surface area contributed by atoms with Crippen molar-refractivity contribution in [1.29, 1.82) is 0 Å². The minimum Gasteiger partial charge on any atom is -0.789 e. The summed E-state index contributed by atoms with van der Waals surface area (Å²) in [7, 11) is -10.5. The number of aliphatic hydroxyl groups excluding tert-OH is 1. The molecule has 1 atom stereocenters. The first kappa shape index (κ1) is 18.8. The predicted molar refractivity (Wildman–Crippen MR) is 45.3 cm³/mol. The molecule has 0 aliphatic carbocycles. The third kappa shape index (κ3) is 11.0. The van der Waals surface area contributed by atoms with Gasteiger partial charge in [0, 0.05) is 0 Å². The third-order valence-corrected chi connectivity index (χ3v) is 3.22. The second-order valence-electron chi connectivity index (χ2n) is 2.50. The third-order valence-electron chi connectivity index (χ3n) is 1.12. The minimum atomic E-state index is -5.57. The molecular formula is C5H10NiO8P2. The van der Waals surface area contributed by atoms with E-state index >= 15 is 0 Å². The Kier molecular flexibility index (Phi) is 9.07. The fourth-order valence-corrected chi connectivity index (χ4v) is 1.95. The van der Waals surface area contributed by atoms with Gasteiger partial charge in [0.15, 0.2) is 0 Å². The Labute approximate surface area is 102 Å². The van der Waals surface area contributed by atoms with E-state index in [1.807, 2.05) is 0 Å². The maximum Gasteiger partial charge on any atom is 2.00 e. The zero-order valence-corrected chi connectivity index (χ0v) is 10.8. The number of rotatable bonds is 6. The van der Waals surface area contributed by atoms with Gasteiger partial charge in [-0.3, -0.25) is 8.83 Å². The van der Waals surface area contributed by atoms with Crippen molar-refractivity contribution in [3.8, 4) is 0 Å². The molecule has 1 unspecified atom stereocenters. The summed E-state index contributed by atoms with van der Waals surface area (Å²) in [6.07, 6.45) is 1.23. The number of hydrogen-bond donors (Lipinski definition) is 2. The van der Waals surface area contributed by atoms with E-state index in [2.05, 4.69) is 8.83 Å². The van der Waals surface area contributed by atoms with E-state index < -0.39 is 22.3 Å². The number of hydrogen-bond acceptors (Lipinski definition) is 7. The minimum absolute atomic E-state index is 0. The monoisotopic (exact) mass is 318 g/mol. The van der Waals surface area contributed by atoms with Crippen LogP contribution in [0.5, 0.6) is 0 Å². The normalized spacial score (nSPS) is 16.4. The van der Waals surface area contributed by atoms with Crippen molar-refractivity contribution in [3.05, 3.63) is 11.6 Å². The molecule has 0 aromatic carbocycles. The van der Waals surface area contributed by atoms with Gasteiger partial charge < -0.3 is 24.4 Å². The Morgan fingerprint density at radius 3 is 2.31 bits per heavy atom. The van der Waals surface area contributed by atoms with Gasteiger partial charge in [0.1, 0.15) is 0 Å². The summed E-state index contributed by atoms with van der Waals surface area (Å²) >= 11 is 0. The second kappa shape index (κ2) is 7.72. The van der Waals surface area contributed by atoms with Gasteiger partial charge in [-0.05, 0) is 12.5 Å². The molecule has 0 aromatic rings. The van der Waals surface area contributed by atoms with Crippen molar-refractivity contribution in [2.45, 2.75) is 6.92 Å². The number of aliphatic hydroxyl groups is 1. The van der Waals surface area contributed by atoms with Gasteiger partial charge in [-0.1, -0.05) is 6.08 Å². The fraction of sp³-hybridized carbons (Fsp3) is 0.600. The maximum atomic E-state index is 10.7. The van der Waals surface area contributed by atoms with Crippen molar-refractivity contribution in [2.75, 3.05) is 13.2 Å². The Hall–Kier alpha value is 0.454. The van der Waals surface area contributed by atoms with E-state index in [4.69, 9.17) is 10.00 Å². The molecule has 8 nitrogen and oxygen atoms in total. The van der Waals surface area contributed by atoms with Gasteiger partial charge in [-0.25, -0.2) is 4.57 Å². The fourth-order valence-electron chi connectivity index (χ4n) is 0.488. The molecule has 0 saturated carbocycles. The van der Waals surface area contributed by atoms with Crippen LogP contribution in [0.1, 0.15) is 6.92 Å². The molecule has 11 heteroatoms. The van der Waals surface area contributed by atoms with E-state index in [1.165, 1.54) is 13.0 Å². The zero-order valence-electron chi connectivity index (χ0n) is 8.05. The summed E-state index contributed by atoms with van der Waals surface area (Å²) < 4.78 is 28.1. The van der Waals surface area contributed by atoms with Crippen LogP contribution in [0.2, 0.25) is 0 Å². The van der Waals surface area contributed by atoms with E-state index in [1.54, 1.807) is 0 Å². The molecule has 98 valence electrons. The Balaban J connectivity index is 0. The Morgan fingerprint density at radius 1 is 1.44 bits per heavy atom. The number of phosphoric ester groups is 1. The van der Waals surface area contributed by atoms with Gasteiger partial charge in [0.05, 0.1) is 21.0 Å². The predicted octanol–water partition coefficient (Wildman–Crippen LogP) is -1.12. The quantitative estimate of drug-likeness (QED) is 0.357. The molecule has 0 bridgehead atoms. The summed E-state index contributed by atoms with van der Waals surface area (Å²) in [5, 5.41) is 8.52. The van der Waals surface area contributed by atoms with E-state index in [0.29, 0.717) is 5.57 Å². The second-order valence-corrected chi connectivity index (χ2v) is 5.24. The summed E-state index contributed by atoms with van der Waals surface area (Å²) in [6.45, 7) is 0.778. The molecule has 0 spiro atoms. The number of phosphoric acid groups is 2. The van der Waals surface area contributed by atoms with Crippen LogP contribution in [0.25, 0.3) is 0 Å². The molecule has 0 aliphatic rings. The topological polar surface area (TPSA) is 139 Å². The van der Waals surface area contributed by atoms with Gasteiger partial charge in [-0.2, -0.15) is 0 Å². The van der Waals surface area contributed by atoms with Gasteiger partial charge in [-0.15, -0.1) is 0 Å². The van der Waals surface area contributed by atoms with Crippen LogP contribution in [0.15, 0.2) is 11.6 Å². The zero-order chi connectivity index (χ0) is 12.1. The molecule has 0 aromatic heterocycles. The average Bonchev–Trinajstić information content (AvgIpc) is 1.98. The first-order valence-corrected chi connectivity index (χ1v) is 6.59. The van der Waals surface area contributed by atoms with Crippen LogP contribution in [-0.4, -0.2) is 23.2 Å². The van der Waals surface area contributed by atoms with E-state index in [9.17, 15) is 18.9 Å². The molecular weight excluding hydrogens is 309 g/mol. The van der Waals surface area contributed by atoms with Crippen molar-refractivity contribution < 1.29 is 54.2 Å². The maximum absolute atomic E-state index is 10.7. The Bertz CT molecular complexity index is 322. The molecule has 16 heavy (non-hydrogen) atoms. The van der Waals surface area contributed by atoms with Crippen LogP contribution in [0.4, 0.5) is 0 Å². The molecule has 0 saturated heterocycles. The SMILES string of the molecule is CC(=CCOP(=O)(O)OP(=O)([O-])[O-])CO.[Ni+2]. The smallest absolute Gasteiger partial charge is 0.789 e. The molecule has 0 heterocycles. The molecule has 2 N–H and O–H groups in total. The standard InChI is InChI=1S/C5H12O8P2.Ni/c1-5(4-6)2-3-12-15(10,11)13-14(7,8)9;/h2,6H,3-4H2,1H3,(H,10,11)(H2,7,8,9);/q;+2/p-2. The largest absolute Gasteiger partial charge is 2.00 e. The molecule has 0 fully saturated rings. The van der Waals surface area contributed by atoms with E-state index in [-0.39, 0.29) is 23.1 Å². The van der Waals surface area contributed by atoms with Crippen LogP contribution < -0.4 is 9.79 Å². The summed E-state index contributed by atoms with van der Waals surface area (Å²) in [4.78, 5) is 28.6.